The monoisotopic (exact) mass is 339 g/mol. The zero-order valence-corrected chi connectivity index (χ0v) is 12.8. The van der Waals surface area contributed by atoms with Crippen LogP contribution in [0.25, 0.3) is 10.9 Å². The van der Waals surface area contributed by atoms with Crippen molar-refractivity contribution in [1.29, 1.82) is 0 Å². The molecule has 1 aromatic carbocycles. The van der Waals surface area contributed by atoms with Crippen LogP contribution in [0.4, 0.5) is 14.0 Å². The van der Waals surface area contributed by atoms with E-state index in [1.54, 1.807) is 12.1 Å². The second kappa shape index (κ2) is 6.75. The number of amides is 3. The third-order valence-electron chi connectivity index (χ3n) is 2.76. The number of hydrogen-bond acceptors (Lipinski definition) is 4. The molecule has 0 aliphatic carbocycles. The first kappa shape index (κ1) is 16.2. The number of hydrazine groups is 1. The van der Waals surface area contributed by atoms with Crippen molar-refractivity contribution in [3.05, 3.63) is 41.8 Å². The summed E-state index contributed by atoms with van der Waals surface area (Å²) in [5.74, 6) is -1.48. The first-order chi connectivity index (χ1) is 10.4. The molecular formula is C13H10FN3O3S2. The van der Waals surface area contributed by atoms with Crippen LogP contribution in [0, 0.1) is 5.82 Å². The largest absolute Gasteiger partial charge is 0.304 e. The topological polar surface area (TPSA) is 79.4 Å². The molecule has 1 heterocycles. The minimum absolute atomic E-state index is 0.0681. The average Bonchev–Trinajstić information content (AvgIpc) is 2.45. The second-order valence-electron chi connectivity index (χ2n) is 4.25. The van der Waals surface area contributed by atoms with E-state index in [0.717, 1.165) is 0 Å². The molecule has 3 amide bonds. The van der Waals surface area contributed by atoms with E-state index >= 15 is 0 Å². The zero-order valence-electron chi connectivity index (χ0n) is 11.0. The fraction of sp³-hybridized carbons (Fsp3) is 0.0769. The molecule has 0 saturated carbocycles. The molecule has 1 N–H and O–H groups in total. The minimum Gasteiger partial charge on any atom is -0.272 e. The summed E-state index contributed by atoms with van der Waals surface area (Å²) >= 11 is 6.88. The van der Waals surface area contributed by atoms with Gasteiger partial charge in [0, 0.05) is 17.6 Å². The van der Waals surface area contributed by atoms with Gasteiger partial charge in [-0.2, -0.15) is 5.01 Å². The SMILES string of the molecule is O=C(S)NN(C(=O)S)C(=O)Cc1cc2cccnc2cc1F. The molecule has 0 fully saturated rings. The number of fused-ring (bicyclic) bond motifs is 1. The molecule has 114 valence electrons. The van der Waals surface area contributed by atoms with E-state index in [9.17, 15) is 18.8 Å². The van der Waals surface area contributed by atoms with Crippen LogP contribution in [0.15, 0.2) is 30.5 Å². The third kappa shape index (κ3) is 3.74. The normalized spacial score (nSPS) is 10.3. The lowest BCUT2D eigenvalue weighted by atomic mass is 10.1. The molecule has 0 aliphatic rings. The van der Waals surface area contributed by atoms with Crippen LogP contribution < -0.4 is 5.43 Å². The van der Waals surface area contributed by atoms with Crippen LogP contribution >= 0.6 is 25.3 Å². The van der Waals surface area contributed by atoms with Crippen molar-refractivity contribution in [3.63, 3.8) is 0 Å². The number of halogens is 1. The Labute approximate surface area is 135 Å². The molecule has 0 atom stereocenters. The molecule has 9 heteroatoms. The van der Waals surface area contributed by atoms with E-state index in [2.05, 4.69) is 30.2 Å². The molecular weight excluding hydrogens is 329 g/mol. The maximum Gasteiger partial charge on any atom is 0.304 e. The molecule has 2 rings (SSSR count). The van der Waals surface area contributed by atoms with Crippen molar-refractivity contribution in [3.8, 4) is 0 Å². The van der Waals surface area contributed by atoms with E-state index in [1.165, 1.54) is 18.3 Å². The van der Waals surface area contributed by atoms with Gasteiger partial charge >= 0.3 is 5.24 Å². The number of aromatic nitrogens is 1. The summed E-state index contributed by atoms with van der Waals surface area (Å²) in [4.78, 5) is 38.1. The molecule has 22 heavy (non-hydrogen) atoms. The first-order valence-electron chi connectivity index (χ1n) is 5.97. The number of benzene rings is 1. The van der Waals surface area contributed by atoms with Crippen molar-refractivity contribution in [2.45, 2.75) is 6.42 Å². The molecule has 0 radical (unpaired) electrons. The Morgan fingerprint density at radius 3 is 2.64 bits per heavy atom. The number of pyridine rings is 1. The Hall–Kier alpha value is -2.13. The van der Waals surface area contributed by atoms with Crippen LogP contribution in [0.1, 0.15) is 5.56 Å². The van der Waals surface area contributed by atoms with Gasteiger partial charge in [0.25, 0.3) is 11.1 Å². The maximum atomic E-state index is 14.0. The summed E-state index contributed by atoms with van der Waals surface area (Å²) in [6.45, 7) is 0. The van der Waals surface area contributed by atoms with E-state index < -0.39 is 28.6 Å². The smallest absolute Gasteiger partial charge is 0.272 e. The van der Waals surface area contributed by atoms with Gasteiger partial charge < -0.3 is 0 Å². The molecule has 0 spiro atoms. The van der Waals surface area contributed by atoms with Crippen LogP contribution in [0.2, 0.25) is 0 Å². The summed E-state index contributed by atoms with van der Waals surface area (Å²) in [6, 6.07) is 6.05. The Balaban J connectivity index is 2.28. The Morgan fingerprint density at radius 2 is 2.00 bits per heavy atom. The van der Waals surface area contributed by atoms with Gasteiger partial charge in [-0.05, 0) is 17.7 Å². The molecule has 0 saturated heterocycles. The number of hydrogen-bond donors (Lipinski definition) is 3. The Morgan fingerprint density at radius 1 is 1.27 bits per heavy atom. The number of thiol groups is 2. The third-order valence-corrected chi connectivity index (χ3v) is 3.06. The number of nitrogens with zero attached hydrogens (tertiary/aromatic N) is 2. The lowest BCUT2D eigenvalue weighted by Crippen LogP contribution is -2.46. The minimum atomic E-state index is -1.00. The van der Waals surface area contributed by atoms with Crippen molar-refractivity contribution in [2.75, 3.05) is 0 Å². The fourth-order valence-electron chi connectivity index (χ4n) is 1.83. The predicted octanol–water partition coefficient (Wildman–Crippen LogP) is 2.35. The van der Waals surface area contributed by atoms with E-state index in [4.69, 9.17) is 0 Å². The summed E-state index contributed by atoms with van der Waals surface area (Å²) in [7, 11) is 0. The van der Waals surface area contributed by atoms with Gasteiger partial charge in [-0.3, -0.25) is 19.4 Å². The van der Waals surface area contributed by atoms with Crippen LogP contribution in [0.5, 0.6) is 0 Å². The second-order valence-corrected chi connectivity index (χ2v) is 5.03. The lowest BCUT2D eigenvalue weighted by molar-refractivity contribution is -0.128. The fourth-order valence-corrected chi connectivity index (χ4v) is 2.09. The zero-order chi connectivity index (χ0) is 16.3. The summed E-state index contributed by atoms with van der Waals surface area (Å²) in [6.07, 6.45) is 1.09. The van der Waals surface area contributed by atoms with Crippen LogP contribution in [0.3, 0.4) is 0 Å². The highest BCUT2D eigenvalue weighted by Gasteiger charge is 2.22. The Bertz CT molecular complexity index is 769. The highest BCUT2D eigenvalue weighted by atomic mass is 32.1. The van der Waals surface area contributed by atoms with Gasteiger partial charge in [-0.1, -0.05) is 31.3 Å². The lowest BCUT2D eigenvalue weighted by Gasteiger charge is -2.17. The van der Waals surface area contributed by atoms with Gasteiger partial charge in [0.1, 0.15) is 5.82 Å². The number of carbonyl (C=O) groups excluding carboxylic acids is 3. The standard InChI is InChI=1S/C13H10FN3O3S2/c14-9-6-10-7(2-1-3-15-10)4-8(9)5-11(18)17(13(20)22)16-12(19)21/h1-4,6H,5H2,(H,20,22)(H2,16,19,21). The molecule has 6 nitrogen and oxygen atoms in total. The molecule has 1 aromatic heterocycles. The number of imide groups is 1. The highest BCUT2D eigenvalue weighted by molar-refractivity contribution is 7.97. The van der Waals surface area contributed by atoms with Crippen molar-refractivity contribution in [2.24, 2.45) is 0 Å². The van der Waals surface area contributed by atoms with Crippen molar-refractivity contribution in [1.82, 2.24) is 15.4 Å². The quantitative estimate of drug-likeness (QED) is 0.580. The van der Waals surface area contributed by atoms with E-state index in [0.29, 0.717) is 15.9 Å². The summed E-state index contributed by atoms with van der Waals surface area (Å²) in [5, 5.41) is -0.909. The average molecular weight is 339 g/mol. The predicted molar refractivity (Wildman–Crippen MR) is 84.2 cm³/mol. The summed E-state index contributed by atoms with van der Waals surface area (Å²) in [5.41, 5.74) is 2.42. The molecule has 0 aliphatic heterocycles. The van der Waals surface area contributed by atoms with Crippen LogP contribution in [-0.4, -0.2) is 26.4 Å². The molecule has 0 unspecified atom stereocenters. The molecule has 0 bridgehead atoms. The highest BCUT2D eigenvalue weighted by Crippen LogP contribution is 2.18. The maximum absolute atomic E-state index is 14.0. The number of carbonyl (C=O) groups is 3. The number of nitrogens with one attached hydrogen (secondary N) is 1. The van der Waals surface area contributed by atoms with Gasteiger partial charge in [0.2, 0.25) is 0 Å². The first-order valence-corrected chi connectivity index (χ1v) is 6.86. The van der Waals surface area contributed by atoms with Gasteiger partial charge in [-0.15, -0.1) is 0 Å². The summed E-state index contributed by atoms with van der Waals surface area (Å²) < 4.78 is 14.0. The van der Waals surface area contributed by atoms with Gasteiger partial charge in [0.15, 0.2) is 0 Å². The molecule has 2 aromatic rings. The Kier molecular flexibility index (Phi) is 4.99. The van der Waals surface area contributed by atoms with E-state index in [-0.39, 0.29) is 5.56 Å². The van der Waals surface area contributed by atoms with Crippen molar-refractivity contribution >= 4 is 52.5 Å². The van der Waals surface area contributed by atoms with Crippen LogP contribution in [-0.2, 0) is 11.2 Å². The number of rotatable bonds is 2. The van der Waals surface area contributed by atoms with E-state index in [1.807, 2.05) is 5.43 Å². The van der Waals surface area contributed by atoms with Gasteiger partial charge in [-0.25, -0.2) is 9.82 Å². The van der Waals surface area contributed by atoms with Crippen molar-refractivity contribution < 1.29 is 18.8 Å². The van der Waals surface area contributed by atoms with Gasteiger partial charge in [0.05, 0.1) is 11.9 Å².